The minimum atomic E-state index is -3.88. The van der Waals surface area contributed by atoms with E-state index in [1.807, 2.05) is 38.1 Å². The number of ether oxygens (including phenoxy) is 1. The molecule has 0 aliphatic heterocycles. The maximum absolute atomic E-state index is 13.0. The number of nitrogens with zero attached hydrogens (tertiary/aromatic N) is 1. The SMILES string of the molecule is CCOc1ccc(S(=O)(=O)N(CC)CC(=O)NC(C)c2cccc(Br)c2)cc1Cl. The van der Waals surface area contributed by atoms with E-state index in [-0.39, 0.29) is 35.0 Å². The molecule has 0 saturated carbocycles. The molecule has 6 nitrogen and oxygen atoms in total. The number of halogens is 2. The molecule has 0 radical (unpaired) electrons. The Morgan fingerprint density at radius 3 is 2.55 bits per heavy atom. The van der Waals surface area contributed by atoms with E-state index in [4.69, 9.17) is 16.3 Å². The van der Waals surface area contributed by atoms with Gasteiger partial charge in [0.1, 0.15) is 5.75 Å². The van der Waals surface area contributed by atoms with Gasteiger partial charge < -0.3 is 10.1 Å². The number of nitrogens with one attached hydrogen (secondary N) is 1. The minimum absolute atomic E-state index is 0.0145. The zero-order valence-corrected chi connectivity index (χ0v) is 19.6. The number of carbonyl (C=O) groups excluding carboxylic acids is 1. The highest BCUT2D eigenvalue weighted by Crippen LogP contribution is 2.28. The molecule has 0 aliphatic rings. The highest BCUT2D eigenvalue weighted by molar-refractivity contribution is 9.10. The van der Waals surface area contributed by atoms with E-state index in [9.17, 15) is 13.2 Å². The van der Waals surface area contributed by atoms with Gasteiger partial charge in [-0.25, -0.2) is 8.42 Å². The Kier molecular flexibility index (Phi) is 8.51. The van der Waals surface area contributed by atoms with Gasteiger partial charge in [0.25, 0.3) is 0 Å². The number of benzene rings is 2. The molecule has 0 bridgehead atoms. The van der Waals surface area contributed by atoms with Crippen molar-refractivity contribution in [2.24, 2.45) is 0 Å². The fraction of sp³-hybridized carbons (Fsp3) is 0.350. The first-order chi connectivity index (χ1) is 13.7. The Labute approximate surface area is 185 Å². The topological polar surface area (TPSA) is 75.7 Å². The summed E-state index contributed by atoms with van der Waals surface area (Å²) < 4.78 is 33.3. The Morgan fingerprint density at radius 1 is 1.24 bits per heavy atom. The van der Waals surface area contributed by atoms with Crippen LogP contribution in [0.3, 0.4) is 0 Å². The summed E-state index contributed by atoms with van der Waals surface area (Å²) in [4.78, 5) is 12.5. The summed E-state index contributed by atoms with van der Waals surface area (Å²) in [6.45, 7) is 5.61. The number of amides is 1. The summed E-state index contributed by atoms with van der Waals surface area (Å²) in [5.74, 6) is 0.0247. The largest absolute Gasteiger partial charge is 0.492 e. The zero-order chi connectivity index (χ0) is 21.6. The fourth-order valence-electron chi connectivity index (χ4n) is 2.74. The first-order valence-electron chi connectivity index (χ1n) is 9.16. The second kappa shape index (κ2) is 10.4. The quantitative estimate of drug-likeness (QED) is 0.551. The summed E-state index contributed by atoms with van der Waals surface area (Å²) in [5, 5.41) is 3.04. The van der Waals surface area contributed by atoms with Crippen LogP contribution < -0.4 is 10.1 Å². The molecule has 0 fully saturated rings. The molecule has 1 N–H and O–H groups in total. The Balaban J connectivity index is 2.13. The van der Waals surface area contributed by atoms with Crippen molar-refractivity contribution < 1.29 is 17.9 Å². The zero-order valence-electron chi connectivity index (χ0n) is 16.5. The Hall–Kier alpha value is -1.61. The molecule has 2 aromatic rings. The standard InChI is InChI=1S/C20H24BrClN2O4S/c1-4-24(13-20(25)23-14(3)15-7-6-8-16(21)11-15)29(26,27)17-9-10-19(28-5-2)18(22)12-17/h6-12,14H,4-5,13H2,1-3H3,(H,23,25). The highest BCUT2D eigenvalue weighted by Gasteiger charge is 2.26. The van der Waals surface area contributed by atoms with Crippen LogP contribution in [-0.2, 0) is 14.8 Å². The van der Waals surface area contributed by atoms with E-state index in [2.05, 4.69) is 21.2 Å². The number of hydrogen-bond donors (Lipinski definition) is 1. The van der Waals surface area contributed by atoms with Gasteiger partial charge in [0.05, 0.1) is 29.1 Å². The lowest BCUT2D eigenvalue weighted by Gasteiger charge is -2.22. The van der Waals surface area contributed by atoms with Crippen LogP contribution in [0.5, 0.6) is 5.75 Å². The molecule has 2 rings (SSSR count). The van der Waals surface area contributed by atoms with Crippen molar-refractivity contribution in [1.29, 1.82) is 0 Å². The number of carbonyl (C=O) groups is 1. The van der Waals surface area contributed by atoms with Gasteiger partial charge in [-0.15, -0.1) is 0 Å². The molecule has 1 atom stereocenters. The number of rotatable bonds is 9. The molecular weight excluding hydrogens is 480 g/mol. The van der Waals surface area contributed by atoms with E-state index >= 15 is 0 Å². The second-order valence-electron chi connectivity index (χ2n) is 6.30. The van der Waals surface area contributed by atoms with Crippen molar-refractivity contribution in [3.05, 3.63) is 57.5 Å². The normalized spacial score (nSPS) is 12.6. The predicted octanol–water partition coefficient (Wildman–Crippen LogP) is 4.39. The van der Waals surface area contributed by atoms with E-state index in [1.54, 1.807) is 6.92 Å². The molecule has 0 spiro atoms. The molecule has 2 aromatic carbocycles. The van der Waals surface area contributed by atoms with Crippen molar-refractivity contribution in [1.82, 2.24) is 9.62 Å². The molecular formula is C20H24BrClN2O4S. The van der Waals surface area contributed by atoms with E-state index in [0.29, 0.717) is 12.4 Å². The number of sulfonamides is 1. The fourth-order valence-corrected chi connectivity index (χ4v) is 4.89. The Morgan fingerprint density at radius 2 is 1.97 bits per heavy atom. The molecule has 29 heavy (non-hydrogen) atoms. The van der Waals surface area contributed by atoms with Gasteiger partial charge in [-0.2, -0.15) is 4.31 Å². The van der Waals surface area contributed by atoms with Crippen molar-refractivity contribution in [2.45, 2.75) is 31.7 Å². The van der Waals surface area contributed by atoms with Gasteiger partial charge in [-0.05, 0) is 49.7 Å². The summed E-state index contributed by atoms with van der Waals surface area (Å²) in [6, 6.07) is 11.6. The van der Waals surface area contributed by atoms with Crippen LogP contribution in [0, 0.1) is 0 Å². The van der Waals surface area contributed by atoms with Crippen molar-refractivity contribution >= 4 is 43.5 Å². The van der Waals surface area contributed by atoms with E-state index < -0.39 is 10.0 Å². The van der Waals surface area contributed by atoms with Crippen LogP contribution in [-0.4, -0.2) is 38.3 Å². The lowest BCUT2D eigenvalue weighted by Crippen LogP contribution is -2.41. The third-order valence-electron chi connectivity index (χ3n) is 4.24. The molecule has 1 amide bonds. The van der Waals surface area contributed by atoms with Crippen molar-refractivity contribution in [3.8, 4) is 5.75 Å². The minimum Gasteiger partial charge on any atom is -0.492 e. The summed E-state index contributed by atoms with van der Waals surface area (Å²) in [5.41, 5.74) is 0.914. The maximum Gasteiger partial charge on any atom is 0.243 e. The molecule has 1 unspecified atom stereocenters. The van der Waals surface area contributed by atoms with Gasteiger partial charge in [0.15, 0.2) is 0 Å². The smallest absolute Gasteiger partial charge is 0.243 e. The van der Waals surface area contributed by atoms with Crippen LogP contribution in [0.4, 0.5) is 0 Å². The van der Waals surface area contributed by atoms with Crippen LogP contribution in [0.25, 0.3) is 0 Å². The first kappa shape index (κ1) is 23.7. The van der Waals surface area contributed by atoms with Gasteiger partial charge in [-0.3, -0.25) is 4.79 Å². The monoisotopic (exact) mass is 502 g/mol. The number of likely N-dealkylation sites (N-methyl/N-ethyl adjacent to an activating group) is 1. The van der Waals surface area contributed by atoms with Crippen molar-refractivity contribution in [2.75, 3.05) is 19.7 Å². The lowest BCUT2D eigenvalue weighted by atomic mass is 10.1. The predicted molar refractivity (Wildman–Crippen MR) is 118 cm³/mol. The third-order valence-corrected chi connectivity index (χ3v) is 6.95. The lowest BCUT2D eigenvalue weighted by molar-refractivity contribution is -0.121. The van der Waals surface area contributed by atoms with Crippen LogP contribution in [0.2, 0.25) is 5.02 Å². The molecule has 0 aliphatic carbocycles. The molecule has 9 heteroatoms. The molecule has 158 valence electrons. The summed E-state index contributed by atoms with van der Waals surface area (Å²) in [7, 11) is -3.88. The highest BCUT2D eigenvalue weighted by atomic mass is 79.9. The van der Waals surface area contributed by atoms with Gasteiger partial charge in [-0.1, -0.05) is 46.6 Å². The van der Waals surface area contributed by atoms with E-state index in [1.165, 1.54) is 18.2 Å². The van der Waals surface area contributed by atoms with E-state index in [0.717, 1.165) is 14.3 Å². The van der Waals surface area contributed by atoms with Crippen LogP contribution in [0.15, 0.2) is 51.8 Å². The average Bonchev–Trinajstić information content (AvgIpc) is 2.67. The average molecular weight is 504 g/mol. The third kappa shape index (κ3) is 6.18. The molecule has 0 aromatic heterocycles. The summed E-state index contributed by atoms with van der Waals surface area (Å²) >= 11 is 9.53. The van der Waals surface area contributed by atoms with Gasteiger partial charge >= 0.3 is 0 Å². The van der Waals surface area contributed by atoms with Crippen LogP contribution >= 0.6 is 27.5 Å². The molecule has 0 saturated heterocycles. The summed E-state index contributed by atoms with van der Waals surface area (Å²) in [6.07, 6.45) is 0. The van der Waals surface area contributed by atoms with Crippen molar-refractivity contribution in [3.63, 3.8) is 0 Å². The van der Waals surface area contributed by atoms with Crippen LogP contribution in [0.1, 0.15) is 32.4 Å². The maximum atomic E-state index is 13.0. The van der Waals surface area contributed by atoms with Gasteiger partial charge in [0.2, 0.25) is 15.9 Å². The number of hydrogen-bond acceptors (Lipinski definition) is 4. The Bertz CT molecular complexity index is 969. The first-order valence-corrected chi connectivity index (χ1v) is 11.8. The van der Waals surface area contributed by atoms with Gasteiger partial charge in [0, 0.05) is 11.0 Å². The molecule has 0 heterocycles. The second-order valence-corrected chi connectivity index (χ2v) is 9.56.